The second-order valence-corrected chi connectivity index (χ2v) is 18.0. The van der Waals surface area contributed by atoms with E-state index in [2.05, 4.69) is 26.6 Å². The zero-order valence-corrected chi connectivity index (χ0v) is 36.6. The maximum atomic E-state index is 16.2. The number of ketones is 1. The summed E-state index contributed by atoms with van der Waals surface area (Å²) in [6, 6.07) is 19.0. The third-order valence-electron chi connectivity index (χ3n) is 13.5. The van der Waals surface area contributed by atoms with Crippen LogP contribution in [0, 0.1) is 5.82 Å². The van der Waals surface area contributed by atoms with E-state index < -0.39 is 64.3 Å². The number of benzene rings is 4. The molecule has 1 unspecified atom stereocenters. The van der Waals surface area contributed by atoms with Crippen molar-refractivity contribution in [2.24, 2.45) is 0 Å². The lowest BCUT2D eigenvalue weighted by Crippen LogP contribution is -2.60. The van der Waals surface area contributed by atoms with E-state index in [4.69, 9.17) is 27.9 Å². The normalized spacial score (nSPS) is 23.1. The number of Topliss-reactive ketones (excluding diaryl/α,β-unsaturated/α-hetero) is 1. The lowest BCUT2D eigenvalue weighted by Gasteiger charge is -2.47. The van der Waals surface area contributed by atoms with Crippen LogP contribution in [0.25, 0.3) is 0 Å². The fraction of sp³-hybridized carbons (Fsp3) is 0.354. The predicted molar refractivity (Wildman–Crippen MR) is 240 cm³/mol. The number of nitrogens with zero attached hydrogens (tertiary/aromatic N) is 1. The number of halogens is 3. The van der Waals surface area contributed by atoms with Gasteiger partial charge in [0.15, 0.2) is 5.78 Å². The summed E-state index contributed by atoms with van der Waals surface area (Å²) in [6.45, 7) is 0.802. The second-order valence-electron chi connectivity index (χ2n) is 17.1. The van der Waals surface area contributed by atoms with E-state index in [1.165, 1.54) is 12.1 Å². The van der Waals surface area contributed by atoms with Gasteiger partial charge >= 0.3 is 0 Å². The molecule has 5 aliphatic rings. The monoisotopic (exact) mass is 922 g/mol. The summed E-state index contributed by atoms with van der Waals surface area (Å²) >= 11 is 12.8. The highest BCUT2D eigenvalue weighted by molar-refractivity contribution is 6.31. The molecule has 0 aromatic heterocycles. The lowest BCUT2D eigenvalue weighted by molar-refractivity contribution is -0.136. The van der Waals surface area contributed by atoms with Crippen LogP contribution in [0.4, 0.5) is 21.5 Å². The maximum Gasteiger partial charge on any atom is 0.264 e. The number of piperidine rings is 1. The molecule has 4 aromatic carbocycles. The van der Waals surface area contributed by atoms with Crippen LogP contribution in [0.2, 0.25) is 10.0 Å². The molecule has 9 rings (SSSR count). The molecule has 1 aliphatic carbocycles. The van der Waals surface area contributed by atoms with Crippen molar-refractivity contribution in [1.29, 1.82) is 0 Å². The second kappa shape index (κ2) is 17.8. The van der Waals surface area contributed by atoms with E-state index >= 15 is 4.39 Å². The minimum atomic E-state index is -1.37. The molecule has 4 aromatic rings. The van der Waals surface area contributed by atoms with Gasteiger partial charge in [0.2, 0.25) is 23.6 Å². The van der Waals surface area contributed by atoms with Gasteiger partial charge in [-0.25, -0.2) is 4.39 Å². The van der Waals surface area contributed by atoms with Crippen LogP contribution in [-0.4, -0.2) is 83.5 Å². The zero-order chi connectivity index (χ0) is 45.6. The highest BCUT2D eigenvalue weighted by Gasteiger charge is 2.72. The van der Waals surface area contributed by atoms with Gasteiger partial charge in [0.05, 0.1) is 28.8 Å². The summed E-state index contributed by atoms with van der Waals surface area (Å²) in [7, 11) is 0. The molecular formula is C48H45Cl2FN6O8. The minimum absolute atomic E-state index is 0.0269. The van der Waals surface area contributed by atoms with Crippen molar-refractivity contribution >= 4 is 81.5 Å². The van der Waals surface area contributed by atoms with Crippen molar-refractivity contribution in [3.63, 3.8) is 0 Å². The van der Waals surface area contributed by atoms with Gasteiger partial charge in [0.1, 0.15) is 17.3 Å². The summed E-state index contributed by atoms with van der Waals surface area (Å²) in [5.41, 5.74) is 0.658. The molecule has 3 fully saturated rings. The minimum Gasteiger partial charge on any atom is -0.382 e. The Hall–Kier alpha value is -6.00. The van der Waals surface area contributed by atoms with Gasteiger partial charge in [0, 0.05) is 65.1 Å². The van der Waals surface area contributed by atoms with Gasteiger partial charge in [-0.15, -0.1) is 0 Å². The van der Waals surface area contributed by atoms with Gasteiger partial charge in [-0.2, -0.15) is 0 Å². The fourth-order valence-electron chi connectivity index (χ4n) is 10.7. The molecule has 1 saturated carbocycles. The molecule has 4 aliphatic heterocycles. The number of hydrogen-bond acceptors (Lipinski definition) is 10. The number of anilines is 3. The first-order chi connectivity index (χ1) is 31.3. The SMILES string of the molecule is O=C1CCC(N2C(=O)c3cccc(NCCOCCCC(=O)c4ccc(NC(=O)[C@@H]5NC6(CCCCC6)[C@@]6(C(=O)Nc7cc(Cl)ccc76)[C@H]5c5cccc(Cl)c5F)cc4)c3C2=O)C(=O)N1. The Morgan fingerprint density at radius 1 is 0.877 bits per heavy atom. The Labute approximate surface area is 383 Å². The van der Waals surface area contributed by atoms with E-state index in [-0.39, 0.29) is 65.9 Å². The molecule has 4 atom stereocenters. The number of hydrogen-bond donors (Lipinski definition) is 5. The van der Waals surface area contributed by atoms with Crippen LogP contribution in [-0.2, 0) is 29.3 Å². The summed E-state index contributed by atoms with van der Waals surface area (Å²) in [5, 5.41) is 15.2. The van der Waals surface area contributed by atoms with E-state index in [1.807, 2.05) is 0 Å². The number of nitrogens with one attached hydrogen (secondary N) is 5. The zero-order valence-electron chi connectivity index (χ0n) is 35.1. The van der Waals surface area contributed by atoms with Crippen LogP contribution in [0.5, 0.6) is 0 Å². The molecule has 2 spiro atoms. The summed E-state index contributed by atoms with van der Waals surface area (Å²) in [5.74, 6) is -4.95. The lowest BCUT2D eigenvalue weighted by atomic mass is 9.55. The van der Waals surface area contributed by atoms with Crippen LogP contribution in [0.15, 0.2) is 78.9 Å². The van der Waals surface area contributed by atoms with Crippen LogP contribution in [0.1, 0.15) is 106 Å². The molecule has 336 valence electrons. The topological polar surface area (TPSA) is 192 Å². The summed E-state index contributed by atoms with van der Waals surface area (Å²) in [6.07, 6.45) is 4.44. The van der Waals surface area contributed by atoms with E-state index in [1.54, 1.807) is 66.7 Å². The number of amides is 6. The first-order valence-electron chi connectivity index (χ1n) is 21.8. The largest absolute Gasteiger partial charge is 0.382 e. The van der Waals surface area contributed by atoms with Crippen LogP contribution < -0.4 is 26.6 Å². The Bertz CT molecular complexity index is 2660. The molecule has 17 heteroatoms. The van der Waals surface area contributed by atoms with Crippen molar-refractivity contribution in [3.05, 3.63) is 123 Å². The summed E-state index contributed by atoms with van der Waals surface area (Å²) in [4.78, 5) is 93.7. The van der Waals surface area contributed by atoms with E-state index in [0.717, 1.165) is 24.2 Å². The summed E-state index contributed by atoms with van der Waals surface area (Å²) < 4.78 is 22.0. The molecule has 6 amide bonds. The molecule has 14 nitrogen and oxygen atoms in total. The molecule has 5 N–H and O–H groups in total. The number of carbonyl (C=O) groups excluding carboxylic acids is 7. The van der Waals surface area contributed by atoms with Crippen molar-refractivity contribution in [3.8, 4) is 0 Å². The number of imide groups is 2. The van der Waals surface area contributed by atoms with Crippen LogP contribution in [0.3, 0.4) is 0 Å². The van der Waals surface area contributed by atoms with Crippen LogP contribution >= 0.6 is 23.2 Å². The first kappa shape index (κ1) is 44.2. The Morgan fingerprint density at radius 2 is 1.65 bits per heavy atom. The molecule has 2 saturated heterocycles. The van der Waals surface area contributed by atoms with Gasteiger partial charge in [0.25, 0.3) is 11.8 Å². The fourth-order valence-corrected chi connectivity index (χ4v) is 11.0. The van der Waals surface area contributed by atoms with Crippen molar-refractivity contribution in [2.45, 2.75) is 86.7 Å². The standard InChI is InChI=1S/C48H45Cl2FN6O8/c49-27-14-17-31-34(25-27)54-46(64)48(31)39(30-8-4-9-32(50)40(30)51)41(56-47(48)20-2-1-3-21-47)43(61)53-28-15-12-26(13-16-28)36(58)11-6-23-65-24-22-52-33-10-5-7-29-38(33)45(63)57(44(29)62)35-18-19-37(59)55-42(35)60/h4-5,7-10,12-17,25,35,39,41,52,56H,1-3,6,11,18-24H2,(H,53,61)(H,54,64)(H,55,59,60)/t35?,39-,41+,48+/m0/s1. The van der Waals surface area contributed by atoms with Crippen molar-refractivity contribution in [1.82, 2.24) is 15.5 Å². The Kier molecular flexibility index (Phi) is 12.1. The number of fused-ring (bicyclic) bond motifs is 4. The smallest absolute Gasteiger partial charge is 0.264 e. The molecule has 4 heterocycles. The number of carbonyl (C=O) groups is 7. The number of ether oxygens (including phenoxy) is 1. The highest BCUT2D eigenvalue weighted by atomic mass is 35.5. The van der Waals surface area contributed by atoms with E-state index in [0.29, 0.717) is 59.0 Å². The van der Waals surface area contributed by atoms with Gasteiger partial charge in [-0.3, -0.25) is 49.1 Å². The van der Waals surface area contributed by atoms with Gasteiger partial charge < -0.3 is 20.7 Å². The van der Waals surface area contributed by atoms with E-state index in [9.17, 15) is 33.6 Å². The Morgan fingerprint density at radius 3 is 2.42 bits per heavy atom. The maximum absolute atomic E-state index is 16.2. The molecule has 65 heavy (non-hydrogen) atoms. The Balaban J connectivity index is 0.817. The first-order valence-corrected chi connectivity index (χ1v) is 22.5. The molecular weight excluding hydrogens is 878 g/mol. The highest BCUT2D eigenvalue weighted by Crippen LogP contribution is 2.63. The third kappa shape index (κ3) is 7.67. The molecule has 0 radical (unpaired) electrons. The molecule has 0 bridgehead atoms. The van der Waals surface area contributed by atoms with Gasteiger partial charge in [-0.05, 0) is 91.4 Å². The number of rotatable bonds is 13. The third-order valence-corrected chi connectivity index (χ3v) is 14.0. The van der Waals surface area contributed by atoms with Crippen molar-refractivity contribution in [2.75, 3.05) is 35.7 Å². The predicted octanol–water partition coefficient (Wildman–Crippen LogP) is 6.91. The average Bonchev–Trinajstić information content (AvgIpc) is 3.85. The van der Waals surface area contributed by atoms with Crippen molar-refractivity contribution < 1.29 is 42.7 Å². The van der Waals surface area contributed by atoms with Gasteiger partial charge in [-0.1, -0.05) is 66.7 Å². The quantitative estimate of drug-likeness (QED) is 0.0535. The average molecular weight is 924 g/mol.